The smallest absolute Gasteiger partial charge is 0.338 e. The van der Waals surface area contributed by atoms with Crippen molar-refractivity contribution in [2.24, 2.45) is 0 Å². The topological polar surface area (TPSA) is 37.3 Å². The van der Waals surface area contributed by atoms with Crippen LogP contribution in [0.4, 0.5) is 0 Å². The van der Waals surface area contributed by atoms with E-state index in [2.05, 4.69) is 29.1 Å². The van der Waals surface area contributed by atoms with Crippen molar-refractivity contribution in [3.8, 4) is 0 Å². The maximum Gasteiger partial charge on any atom is 0.338 e. The Balaban J connectivity index is 5.23. The van der Waals surface area contributed by atoms with E-state index in [9.17, 15) is 4.79 Å². The number of aliphatic carboxylic acids is 1. The molecule has 0 aromatic rings. The molecule has 0 aromatic heterocycles. The first-order chi connectivity index (χ1) is 5.37. The molecule has 0 aliphatic heterocycles. The van der Waals surface area contributed by atoms with Gasteiger partial charge in [0.2, 0.25) is 0 Å². The van der Waals surface area contributed by atoms with Gasteiger partial charge in [0.1, 0.15) is 0 Å². The largest absolute Gasteiger partial charge is 0.478 e. The molecule has 0 rings (SSSR count). The number of allylic oxidation sites excluding steroid dienone is 2. The third-order valence-electron chi connectivity index (χ3n) is 1.08. The predicted octanol–water partition coefficient (Wildman–Crippen LogP) is 3.05. The van der Waals surface area contributed by atoms with Crippen molar-refractivity contribution in [3.63, 3.8) is 0 Å². The summed E-state index contributed by atoms with van der Waals surface area (Å²) in [5, 5.41) is 8.67. The lowest BCUT2D eigenvalue weighted by molar-refractivity contribution is -0.132. The molecule has 12 heavy (non-hydrogen) atoms. The number of halogens is 2. The predicted molar refractivity (Wildman–Crippen MR) is 53.4 cm³/mol. The Morgan fingerprint density at radius 2 is 1.92 bits per heavy atom. The second kappa shape index (κ2) is 4.48. The Morgan fingerprint density at radius 3 is 2.00 bits per heavy atom. The molecular formula is C8H8BrClO2. The zero-order valence-corrected chi connectivity index (χ0v) is 8.87. The summed E-state index contributed by atoms with van der Waals surface area (Å²) < 4.78 is 0.370. The van der Waals surface area contributed by atoms with Gasteiger partial charge in [0, 0.05) is 9.51 Å². The van der Waals surface area contributed by atoms with E-state index < -0.39 is 5.97 Å². The molecule has 0 amide bonds. The fraction of sp³-hybridized carbons (Fsp3) is 0.125. The van der Waals surface area contributed by atoms with Crippen molar-refractivity contribution in [1.82, 2.24) is 0 Å². The number of carboxylic acids is 1. The van der Waals surface area contributed by atoms with Gasteiger partial charge in [-0.1, -0.05) is 24.8 Å². The van der Waals surface area contributed by atoms with Crippen LogP contribution in [0.3, 0.4) is 0 Å². The Bertz CT molecular complexity index is 263. The quantitative estimate of drug-likeness (QED) is 0.618. The van der Waals surface area contributed by atoms with E-state index in [0.29, 0.717) is 10.1 Å². The van der Waals surface area contributed by atoms with Crippen molar-refractivity contribution in [2.45, 2.75) is 6.92 Å². The van der Waals surface area contributed by atoms with Crippen LogP contribution in [0.5, 0.6) is 0 Å². The van der Waals surface area contributed by atoms with Crippen molar-refractivity contribution in [2.75, 3.05) is 0 Å². The summed E-state index contributed by atoms with van der Waals surface area (Å²) in [5.41, 5.74) is 0.540. The summed E-state index contributed by atoms with van der Waals surface area (Å²) >= 11 is 8.54. The first-order valence-corrected chi connectivity index (χ1v) is 4.18. The van der Waals surface area contributed by atoms with E-state index >= 15 is 0 Å². The van der Waals surface area contributed by atoms with Crippen LogP contribution in [0, 0.1) is 0 Å². The van der Waals surface area contributed by atoms with Crippen LogP contribution in [0.25, 0.3) is 0 Å². The van der Waals surface area contributed by atoms with Crippen molar-refractivity contribution >= 4 is 33.5 Å². The van der Waals surface area contributed by atoms with Crippen molar-refractivity contribution in [1.29, 1.82) is 0 Å². The van der Waals surface area contributed by atoms with Gasteiger partial charge >= 0.3 is 5.97 Å². The molecular weight excluding hydrogens is 243 g/mol. The molecule has 0 bridgehead atoms. The van der Waals surface area contributed by atoms with Gasteiger partial charge in [-0.2, -0.15) is 0 Å². The van der Waals surface area contributed by atoms with E-state index in [1.165, 1.54) is 0 Å². The lowest BCUT2D eigenvalue weighted by Gasteiger charge is -2.03. The first kappa shape index (κ1) is 11.5. The highest BCUT2D eigenvalue weighted by atomic mass is 79.9. The summed E-state index contributed by atoms with van der Waals surface area (Å²) in [6.07, 6.45) is 0. The average molecular weight is 252 g/mol. The average Bonchev–Trinajstić information content (AvgIpc) is 1.85. The molecule has 0 aromatic carbocycles. The van der Waals surface area contributed by atoms with Crippen LogP contribution in [-0.4, -0.2) is 11.1 Å². The standard InChI is InChI=1S/C8H8BrClO2/c1-4(2)7(9)6(5(3)10)8(11)12/h1,3H2,2H3,(H,11,12)/b7-6-. The van der Waals surface area contributed by atoms with E-state index in [4.69, 9.17) is 16.7 Å². The molecule has 1 N–H and O–H groups in total. The second-order valence-electron chi connectivity index (χ2n) is 2.18. The normalized spacial score (nSPS) is 11.9. The summed E-state index contributed by atoms with van der Waals surface area (Å²) in [5.74, 6) is -1.12. The molecule has 0 unspecified atom stereocenters. The van der Waals surface area contributed by atoms with Gasteiger partial charge in [0.15, 0.2) is 0 Å². The zero-order valence-electron chi connectivity index (χ0n) is 6.53. The Kier molecular flexibility index (Phi) is 4.28. The molecule has 0 fully saturated rings. The summed E-state index contributed by atoms with van der Waals surface area (Å²) in [7, 11) is 0. The van der Waals surface area contributed by atoms with Crippen molar-refractivity contribution in [3.05, 3.63) is 33.8 Å². The van der Waals surface area contributed by atoms with Gasteiger partial charge in [-0.3, -0.25) is 0 Å². The van der Waals surface area contributed by atoms with Crippen LogP contribution in [0.15, 0.2) is 33.8 Å². The van der Waals surface area contributed by atoms with Gasteiger partial charge in [0.05, 0.1) is 5.57 Å². The Hall–Kier alpha value is -0.540. The zero-order chi connectivity index (χ0) is 9.89. The fourth-order valence-electron chi connectivity index (χ4n) is 0.542. The Labute approximate surface area is 84.4 Å². The molecule has 0 heterocycles. The third-order valence-corrected chi connectivity index (χ3v) is 2.34. The minimum atomic E-state index is -1.12. The van der Waals surface area contributed by atoms with E-state index in [1.54, 1.807) is 6.92 Å². The van der Waals surface area contributed by atoms with Gasteiger partial charge in [-0.15, -0.1) is 0 Å². The highest BCUT2D eigenvalue weighted by Gasteiger charge is 2.14. The van der Waals surface area contributed by atoms with Gasteiger partial charge in [-0.25, -0.2) is 4.79 Å². The van der Waals surface area contributed by atoms with Crippen LogP contribution in [-0.2, 0) is 4.79 Å². The van der Waals surface area contributed by atoms with Crippen LogP contribution >= 0.6 is 27.5 Å². The Morgan fingerprint density at radius 1 is 1.50 bits per heavy atom. The SMILES string of the molecule is C=C(C)/C(Br)=C(\C(=C)Cl)C(=O)O. The van der Waals surface area contributed by atoms with E-state index in [1.807, 2.05) is 0 Å². The highest BCUT2D eigenvalue weighted by molar-refractivity contribution is 9.12. The van der Waals surface area contributed by atoms with Crippen LogP contribution < -0.4 is 0 Å². The maximum absolute atomic E-state index is 10.6. The number of hydrogen-bond donors (Lipinski definition) is 1. The minimum Gasteiger partial charge on any atom is -0.478 e. The summed E-state index contributed by atoms with van der Waals surface area (Å²) in [6, 6.07) is 0. The molecule has 66 valence electrons. The van der Waals surface area contributed by atoms with E-state index in [0.717, 1.165) is 0 Å². The molecule has 2 nitrogen and oxygen atoms in total. The maximum atomic E-state index is 10.6. The number of hydrogen-bond acceptors (Lipinski definition) is 1. The van der Waals surface area contributed by atoms with Gasteiger partial charge < -0.3 is 5.11 Å². The fourth-order valence-corrected chi connectivity index (χ4v) is 1.24. The minimum absolute atomic E-state index is 0.0163. The van der Waals surface area contributed by atoms with Crippen LogP contribution in [0.2, 0.25) is 0 Å². The molecule has 0 saturated heterocycles. The summed E-state index contributed by atoms with van der Waals surface area (Å²) in [6.45, 7) is 8.58. The lowest BCUT2D eigenvalue weighted by atomic mass is 10.2. The molecule has 0 aliphatic carbocycles. The van der Waals surface area contributed by atoms with Crippen LogP contribution in [0.1, 0.15) is 6.92 Å². The number of carbonyl (C=O) groups is 1. The molecule has 0 saturated carbocycles. The molecule has 0 spiro atoms. The second-order valence-corrected chi connectivity index (χ2v) is 3.43. The van der Waals surface area contributed by atoms with Crippen molar-refractivity contribution < 1.29 is 9.90 Å². The van der Waals surface area contributed by atoms with Gasteiger partial charge in [0.25, 0.3) is 0 Å². The highest BCUT2D eigenvalue weighted by Crippen LogP contribution is 2.26. The third kappa shape index (κ3) is 2.83. The number of rotatable bonds is 3. The number of carboxylic acid groups (broad SMARTS) is 1. The molecule has 0 aliphatic rings. The molecule has 4 heteroatoms. The molecule has 0 atom stereocenters. The van der Waals surface area contributed by atoms with E-state index in [-0.39, 0.29) is 10.6 Å². The van der Waals surface area contributed by atoms with Gasteiger partial charge in [-0.05, 0) is 28.4 Å². The molecule has 0 radical (unpaired) electrons. The lowest BCUT2D eigenvalue weighted by Crippen LogP contribution is -2.02. The monoisotopic (exact) mass is 250 g/mol. The summed E-state index contributed by atoms with van der Waals surface area (Å²) in [4.78, 5) is 10.6. The first-order valence-electron chi connectivity index (χ1n) is 3.01.